The highest BCUT2D eigenvalue weighted by molar-refractivity contribution is 5.69. The van der Waals surface area contributed by atoms with E-state index in [1.807, 2.05) is 24.3 Å². The molecule has 3 nitrogen and oxygen atoms in total. The molecule has 0 atom stereocenters. The second-order valence-electron chi connectivity index (χ2n) is 8.66. The Morgan fingerprint density at radius 2 is 0.969 bits per heavy atom. The third-order valence-corrected chi connectivity index (χ3v) is 6.01. The number of benzene rings is 2. The largest absolute Gasteiger partial charge is 0.519 e. The molecule has 0 aliphatic rings. The molecule has 0 aromatic heterocycles. The first-order valence-corrected chi connectivity index (χ1v) is 12.8. The number of hydrogen-bond donors (Lipinski definition) is 0. The molecule has 0 fully saturated rings. The monoisotopic (exact) mass is 438 g/mol. The lowest BCUT2D eigenvalue weighted by Crippen LogP contribution is -2.16. The molecule has 0 N–H and O–H groups in total. The second kappa shape index (κ2) is 14.7. The molecule has 0 radical (unpaired) electrons. The van der Waals surface area contributed by atoms with Crippen molar-refractivity contribution in [1.82, 2.24) is 0 Å². The summed E-state index contributed by atoms with van der Waals surface area (Å²) in [5.74, 6) is 1.29. The first-order valence-electron chi connectivity index (χ1n) is 12.8. The Labute approximate surface area is 195 Å². The van der Waals surface area contributed by atoms with Crippen LogP contribution >= 0.6 is 0 Å². The fourth-order valence-corrected chi connectivity index (χ4v) is 4.09. The quantitative estimate of drug-likeness (QED) is 0.219. The van der Waals surface area contributed by atoms with Gasteiger partial charge in [0.15, 0.2) is 0 Å². The van der Waals surface area contributed by atoms with Crippen molar-refractivity contribution in [2.24, 2.45) is 0 Å². The van der Waals surface area contributed by atoms with Crippen molar-refractivity contribution in [3.8, 4) is 11.5 Å². The van der Waals surface area contributed by atoms with Crippen molar-refractivity contribution in [3.63, 3.8) is 0 Å². The van der Waals surface area contributed by atoms with Gasteiger partial charge in [-0.1, -0.05) is 77.6 Å². The predicted molar refractivity (Wildman–Crippen MR) is 134 cm³/mol. The number of rotatable bonds is 14. The summed E-state index contributed by atoms with van der Waals surface area (Å²) in [7, 11) is 0. The van der Waals surface area contributed by atoms with Crippen LogP contribution in [-0.2, 0) is 25.7 Å². The maximum atomic E-state index is 12.8. The molecular formula is C29H42O3. The van der Waals surface area contributed by atoms with Crippen molar-refractivity contribution in [3.05, 3.63) is 58.7 Å². The summed E-state index contributed by atoms with van der Waals surface area (Å²) in [4.78, 5) is 12.8. The van der Waals surface area contributed by atoms with Crippen LogP contribution in [0.2, 0.25) is 0 Å². The van der Waals surface area contributed by atoms with Crippen LogP contribution in [0.5, 0.6) is 11.5 Å². The molecule has 0 saturated carbocycles. The van der Waals surface area contributed by atoms with Crippen molar-refractivity contribution in [2.45, 2.75) is 105 Å². The van der Waals surface area contributed by atoms with E-state index in [9.17, 15) is 4.79 Å². The minimum absolute atomic E-state index is 0.638. The Morgan fingerprint density at radius 3 is 1.34 bits per heavy atom. The summed E-state index contributed by atoms with van der Waals surface area (Å²) >= 11 is 0. The van der Waals surface area contributed by atoms with E-state index < -0.39 is 6.16 Å². The molecular weight excluding hydrogens is 396 g/mol. The Kier molecular flexibility index (Phi) is 11.9. The van der Waals surface area contributed by atoms with Gasteiger partial charge in [0, 0.05) is 0 Å². The lowest BCUT2D eigenvalue weighted by Gasteiger charge is -2.17. The summed E-state index contributed by atoms with van der Waals surface area (Å²) in [5, 5.41) is 0. The van der Waals surface area contributed by atoms with Gasteiger partial charge in [0.05, 0.1) is 0 Å². The molecule has 0 aliphatic carbocycles. The van der Waals surface area contributed by atoms with Crippen LogP contribution in [0.3, 0.4) is 0 Å². The van der Waals surface area contributed by atoms with Gasteiger partial charge in [0.25, 0.3) is 0 Å². The standard InChI is InChI=1S/C29H42O3/c1-5-9-15-23-17-13-21-27(25(23)19-11-7-3)31-29(30)32-28-22-14-18-24(16-10-6-2)26(28)20-12-8-4/h13-14,17-18,21-22H,5-12,15-16,19-20H2,1-4H3. The molecule has 2 aromatic rings. The van der Waals surface area contributed by atoms with Gasteiger partial charge in [-0.25, -0.2) is 4.79 Å². The van der Waals surface area contributed by atoms with E-state index in [1.54, 1.807) is 0 Å². The van der Waals surface area contributed by atoms with E-state index in [4.69, 9.17) is 9.47 Å². The Balaban J connectivity index is 2.23. The summed E-state index contributed by atoms with van der Waals surface area (Å²) in [6.45, 7) is 8.78. The molecule has 0 saturated heterocycles. The van der Waals surface area contributed by atoms with E-state index in [-0.39, 0.29) is 0 Å². The molecule has 0 heterocycles. The minimum Gasteiger partial charge on any atom is -0.394 e. The molecule has 3 heteroatoms. The second-order valence-corrected chi connectivity index (χ2v) is 8.66. The topological polar surface area (TPSA) is 35.5 Å². The smallest absolute Gasteiger partial charge is 0.394 e. The lowest BCUT2D eigenvalue weighted by atomic mass is 9.97. The van der Waals surface area contributed by atoms with Gasteiger partial charge in [0.2, 0.25) is 0 Å². The van der Waals surface area contributed by atoms with Gasteiger partial charge < -0.3 is 9.47 Å². The number of unbranched alkanes of at least 4 members (excludes halogenated alkanes) is 4. The molecule has 0 spiro atoms. The van der Waals surface area contributed by atoms with Crippen LogP contribution < -0.4 is 9.47 Å². The minimum atomic E-state index is -0.638. The van der Waals surface area contributed by atoms with E-state index in [0.717, 1.165) is 88.2 Å². The SMILES string of the molecule is CCCCc1cccc(OC(=O)Oc2cccc(CCCC)c2CCCC)c1CCCC. The normalized spacial score (nSPS) is 10.9. The highest BCUT2D eigenvalue weighted by atomic mass is 16.7. The maximum Gasteiger partial charge on any atom is 0.519 e. The van der Waals surface area contributed by atoms with Crippen LogP contribution in [0.4, 0.5) is 4.79 Å². The molecule has 0 unspecified atom stereocenters. The number of carbonyl (C=O) groups is 1. The zero-order valence-electron chi connectivity index (χ0n) is 20.7. The molecule has 2 aromatic carbocycles. The highest BCUT2D eigenvalue weighted by Gasteiger charge is 2.17. The first-order chi connectivity index (χ1) is 15.6. The average molecular weight is 439 g/mol. The van der Waals surface area contributed by atoms with E-state index in [0.29, 0.717) is 11.5 Å². The Hall–Kier alpha value is -2.29. The van der Waals surface area contributed by atoms with E-state index in [1.165, 1.54) is 11.1 Å². The number of ether oxygens (including phenoxy) is 2. The summed E-state index contributed by atoms with van der Waals surface area (Å²) in [6.07, 6.45) is 12.2. The Bertz CT molecular complexity index is 758. The maximum absolute atomic E-state index is 12.8. The van der Waals surface area contributed by atoms with Gasteiger partial charge >= 0.3 is 6.16 Å². The summed E-state index contributed by atoms with van der Waals surface area (Å²) in [5.41, 5.74) is 4.89. The van der Waals surface area contributed by atoms with Gasteiger partial charge in [-0.3, -0.25) is 0 Å². The Morgan fingerprint density at radius 1 is 0.594 bits per heavy atom. The number of hydrogen-bond acceptors (Lipinski definition) is 3. The van der Waals surface area contributed by atoms with Gasteiger partial charge in [-0.15, -0.1) is 0 Å². The fraction of sp³-hybridized carbons (Fsp3) is 0.552. The summed E-state index contributed by atoms with van der Waals surface area (Å²) in [6, 6.07) is 12.1. The van der Waals surface area contributed by atoms with Crippen LogP contribution in [0, 0.1) is 0 Å². The van der Waals surface area contributed by atoms with Crippen molar-refractivity contribution >= 4 is 6.16 Å². The first kappa shape index (κ1) is 26.0. The molecule has 32 heavy (non-hydrogen) atoms. The average Bonchev–Trinajstić information content (AvgIpc) is 2.80. The third-order valence-electron chi connectivity index (χ3n) is 6.01. The van der Waals surface area contributed by atoms with Crippen LogP contribution in [0.25, 0.3) is 0 Å². The zero-order valence-corrected chi connectivity index (χ0v) is 20.7. The molecule has 176 valence electrons. The predicted octanol–water partition coefficient (Wildman–Crippen LogP) is 8.63. The van der Waals surface area contributed by atoms with Crippen molar-refractivity contribution in [1.29, 1.82) is 0 Å². The number of carbonyl (C=O) groups excluding carboxylic acids is 1. The molecule has 0 aliphatic heterocycles. The fourth-order valence-electron chi connectivity index (χ4n) is 4.09. The van der Waals surface area contributed by atoms with Crippen molar-refractivity contribution < 1.29 is 14.3 Å². The van der Waals surface area contributed by atoms with Gasteiger partial charge in [0.1, 0.15) is 11.5 Å². The summed E-state index contributed by atoms with van der Waals surface area (Å²) < 4.78 is 11.6. The molecule has 0 bridgehead atoms. The van der Waals surface area contributed by atoms with Crippen LogP contribution in [-0.4, -0.2) is 6.16 Å². The highest BCUT2D eigenvalue weighted by Crippen LogP contribution is 2.29. The zero-order chi connectivity index (χ0) is 23.2. The molecule has 2 rings (SSSR count). The van der Waals surface area contributed by atoms with E-state index in [2.05, 4.69) is 39.8 Å². The van der Waals surface area contributed by atoms with Gasteiger partial charge in [-0.05, 0) is 85.8 Å². The van der Waals surface area contributed by atoms with Crippen LogP contribution in [0.15, 0.2) is 36.4 Å². The van der Waals surface area contributed by atoms with Crippen molar-refractivity contribution in [2.75, 3.05) is 0 Å². The van der Waals surface area contributed by atoms with Crippen LogP contribution in [0.1, 0.15) is 101 Å². The molecule has 0 amide bonds. The lowest BCUT2D eigenvalue weighted by molar-refractivity contribution is 0.151. The third kappa shape index (κ3) is 8.00. The number of aryl methyl sites for hydroxylation is 2. The van der Waals surface area contributed by atoms with Gasteiger partial charge in [-0.2, -0.15) is 0 Å². The van der Waals surface area contributed by atoms with E-state index >= 15 is 0 Å².